The second-order valence-electron chi connectivity index (χ2n) is 3.25. The summed E-state index contributed by atoms with van der Waals surface area (Å²) in [5.74, 6) is -0.611. The van der Waals surface area contributed by atoms with Crippen molar-refractivity contribution in [1.29, 1.82) is 0 Å². The first-order valence-corrected chi connectivity index (χ1v) is 5.77. The average molecular weight is 232 g/mol. The van der Waals surface area contributed by atoms with E-state index in [9.17, 15) is 13.2 Å². The Morgan fingerprint density at radius 2 is 2.13 bits per heavy atom. The number of esters is 1. The molecule has 84 valence electrons. The number of H-pyrrole nitrogens is 1. The van der Waals surface area contributed by atoms with Gasteiger partial charge in [-0.25, -0.2) is 18.4 Å². The highest BCUT2D eigenvalue weighted by Crippen LogP contribution is 2.10. The van der Waals surface area contributed by atoms with Crippen molar-refractivity contribution in [3.8, 4) is 0 Å². The molecule has 1 aromatic heterocycles. The first kappa shape index (κ1) is 11.7. The highest BCUT2D eigenvalue weighted by Gasteiger charge is 2.16. The van der Waals surface area contributed by atoms with Gasteiger partial charge in [-0.15, -0.1) is 0 Å². The molecule has 0 aliphatic heterocycles. The van der Waals surface area contributed by atoms with E-state index < -0.39 is 16.0 Å². The zero-order valence-corrected chi connectivity index (χ0v) is 9.17. The number of hydrogen-bond acceptors (Lipinski definition) is 4. The Kier molecular flexibility index (Phi) is 3.15. The lowest BCUT2D eigenvalue weighted by Gasteiger charge is -2.05. The molecule has 6 nitrogen and oxygen atoms in total. The van der Waals surface area contributed by atoms with E-state index in [4.69, 9.17) is 9.88 Å². The molecule has 0 unspecified atom stereocenters. The summed E-state index contributed by atoms with van der Waals surface area (Å²) in [5.41, 5.74) is 0.0627. The van der Waals surface area contributed by atoms with E-state index >= 15 is 0 Å². The lowest BCUT2D eigenvalue weighted by Crippen LogP contribution is -2.12. The van der Waals surface area contributed by atoms with Gasteiger partial charge in [-0.1, -0.05) is 0 Å². The van der Waals surface area contributed by atoms with Crippen LogP contribution in [0.2, 0.25) is 0 Å². The minimum absolute atomic E-state index is 0.0627. The van der Waals surface area contributed by atoms with Gasteiger partial charge in [-0.2, -0.15) is 0 Å². The Morgan fingerprint density at radius 1 is 1.53 bits per heavy atom. The van der Waals surface area contributed by atoms with Gasteiger partial charge in [0.15, 0.2) is 0 Å². The van der Waals surface area contributed by atoms with Crippen LogP contribution in [-0.4, -0.2) is 25.5 Å². The van der Waals surface area contributed by atoms with Crippen LogP contribution in [0.15, 0.2) is 17.2 Å². The van der Waals surface area contributed by atoms with Crippen molar-refractivity contribution in [2.75, 3.05) is 0 Å². The van der Waals surface area contributed by atoms with Crippen LogP contribution in [0.5, 0.6) is 0 Å². The highest BCUT2D eigenvalue weighted by molar-refractivity contribution is 7.89. The molecular formula is C8H12N2O4S. The normalized spacial score (nSPS) is 11.7. The molecule has 0 bridgehead atoms. The van der Waals surface area contributed by atoms with Crippen molar-refractivity contribution >= 4 is 16.0 Å². The molecule has 1 heterocycles. The number of aromatic amines is 1. The SMILES string of the molecule is CC(C)OC(=O)c1cc(S(N)(=O)=O)c[nH]1. The molecule has 1 aromatic rings. The van der Waals surface area contributed by atoms with Crippen molar-refractivity contribution in [1.82, 2.24) is 4.98 Å². The highest BCUT2D eigenvalue weighted by atomic mass is 32.2. The molecular weight excluding hydrogens is 220 g/mol. The number of ether oxygens (including phenoxy) is 1. The number of nitrogens with one attached hydrogen (secondary N) is 1. The van der Waals surface area contributed by atoms with Crippen molar-refractivity contribution in [3.63, 3.8) is 0 Å². The van der Waals surface area contributed by atoms with Gasteiger partial charge in [-0.3, -0.25) is 0 Å². The Hall–Kier alpha value is -1.34. The third-order valence-corrected chi connectivity index (χ3v) is 2.44. The monoisotopic (exact) mass is 232 g/mol. The van der Waals surface area contributed by atoms with Gasteiger partial charge >= 0.3 is 5.97 Å². The van der Waals surface area contributed by atoms with Crippen LogP contribution < -0.4 is 5.14 Å². The molecule has 0 saturated heterocycles. The van der Waals surface area contributed by atoms with Crippen LogP contribution in [0.3, 0.4) is 0 Å². The smallest absolute Gasteiger partial charge is 0.355 e. The van der Waals surface area contributed by atoms with Gasteiger partial charge in [0, 0.05) is 6.20 Å². The third-order valence-electron chi connectivity index (χ3n) is 1.55. The minimum Gasteiger partial charge on any atom is -0.458 e. The summed E-state index contributed by atoms with van der Waals surface area (Å²) in [6.45, 7) is 3.39. The first-order chi connectivity index (χ1) is 6.80. The molecule has 0 saturated carbocycles. The lowest BCUT2D eigenvalue weighted by atomic mass is 10.4. The third kappa shape index (κ3) is 3.07. The van der Waals surface area contributed by atoms with E-state index in [2.05, 4.69) is 4.98 Å². The molecule has 0 atom stereocenters. The number of sulfonamides is 1. The average Bonchev–Trinajstić information content (AvgIpc) is 2.48. The van der Waals surface area contributed by atoms with Gasteiger partial charge in [0.2, 0.25) is 10.0 Å². The van der Waals surface area contributed by atoms with Crippen LogP contribution in [0.1, 0.15) is 24.3 Å². The zero-order valence-electron chi connectivity index (χ0n) is 8.35. The number of aromatic nitrogens is 1. The van der Waals surface area contributed by atoms with Gasteiger partial charge in [0.1, 0.15) is 10.6 Å². The van der Waals surface area contributed by atoms with Crippen LogP contribution >= 0.6 is 0 Å². The van der Waals surface area contributed by atoms with E-state index in [0.717, 1.165) is 12.3 Å². The van der Waals surface area contributed by atoms with E-state index in [0.29, 0.717) is 0 Å². The molecule has 0 aliphatic rings. The largest absolute Gasteiger partial charge is 0.458 e. The predicted octanol–water partition coefficient (Wildman–Crippen LogP) is 0.227. The van der Waals surface area contributed by atoms with Gasteiger partial charge in [0.05, 0.1) is 6.10 Å². The Balaban J connectivity index is 2.90. The topological polar surface area (TPSA) is 102 Å². The molecule has 0 aromatic carbocycles. The van der Waals surface area contributed by atoms with E-state index in [-0.39, 0.29) is 16.7 Å². The standard InChI is InChI=1S/C8H12N2O4S/c1-5(2)14-8(11)7-3-6(4-10-7)15(9,12)13/h3-5,10H,1-2H3,(H2,9,12,13). The molecule has 15 heavy (non-hydrogen) atoms. The summed E-state index contributed by atoms with van der Waals surface area (Å²) in [5, 5.41) is 4.87. The number of hydrogen-bond donors (Lipinski definition) is 2. The van der Waals surface area contributed by atoms with Crippen LogP contribution in [0, 0.1) is 0 Å². The van der Waals surface area contributed by atoms with Gasteiger partial charge in [-0.05, 0) is 19.9 Å². The van der Waals surface area contributed by atoms with Crippen molar-refractivity contribution in [2.45, 2.75) is 24.8 Å². The molecule has 0 amide bonds. The molecule has 0 spiro atoms. The minimum atomic E-state index is -3.78. The van der Waals surface area contributed by atoms with Gasteiger partial charge in [0.25, 0.3) is 0 Å². The van der Waals surface area contributed by atoms with E-state index in [1.807, 2.05) is 0 Å². The fourth-order valence-electron chi connectivity index (χ4n) is 0.934. The molecule has 7 heteroatoms. The Morgan fingerprint density at radius 3 is 2.53 bits per heavy atom. The van der Waals surface area contributed by atoms with E-state index in [1.165, 1.54) is 0 Å². The van der Waals surface area contributed by atoms with Gasteiger partial charge < -0.3 is 9.72 Å². The summed E-state index contributed by atoms with van der Waals surface area (Å²) in [7, 11) is -3.78. The summed E-state index contributed by atoms with van der Waals surface area (Å²) < 4.78 is 26.6. The van der Waals surface area contributed by atoms with Crippen molar-refractivity contribution in [3.05, 3.63) is 18.0 Å². The predicted molar refractivity (Wildman–Crippen MR) is 52.7 cm³/mol. The maximum atomic E-state index is 11.3. The van der Waals surface area contributed by atoms with Crippen LogP contribution in [-0.2, 0) is 14.8 Å². The molecule has 0 fully saturated rings. The Bertz CT molecular complexity index is 461. The quantitative estimate of drug-likeness (QED) is 0.728. The number of nitrogens with two attached hydrogens (primary N) is 1. The van der Waals surface area contributed by atoms with Crippen LogP contribution in [0.25, 0.3) is 0 Å². The summed E-state index contributed by atoms with van der Waals surface area (Å²) in [6, 6.07) is 1.14. The van der Waals surface area contributed by atoms with Crippen molar-refractivity contribution in [2.24, 2.45) is 5.14 Å². The number of rotatable bonds is 3. The fourth-order valence-corrected chi connectivity index (χ4v) is 1.44. The molecule has 0 radical (unpaired) electrons. The van der Waals surface area contributed by atoms with Crippen molar-refractivity contribution < 1.29 is 17.9 Å². The first-order valence-electron chi connectivity index (χ1n) is 4.23. The maximum absolute atomic E-state index is 11.3. The summed E-state index contributed by atoms with van der Waals surface area (Å²) in [4.78, 5) is 13.6. The molecule has 0 aliphatic carbocycles. The number of carbonyl (C=O) groups excluding carboxylic acids is 1. The molecule has 1 rings (SSSR count). The maximum Gasteiger partial charge on any atom is 0.355 e. The van der Waals surface area contributed by atoms with E-state index in [1.54, 1.807) is 13.8 Å². The summed E-state index contributed by atoms with van der Waals surface area (Å²) >= 11 is 0. The second-order valence-corrected chi connectivity index (χ2v) is 4.81. The Labute approximate surface area is 87.5 Å². The zero-order chi connectivity index (χ0) is 11.6. The fraction of sp³-hybridized carbons (Fsp3) is 0.375. The molecule has 3 N–H and O–H groups in total. The second kappa shape index (κ2) is 4.03. The number of primary sulfonamides is 1. The lowest BCUT2D eigenvalue weighted by molar-refractivity contribution is 0.0371. The number of carbonyl (C=O) groups is 1. The summed E-state index contributed by atoms with van der Waals surface area (Å²) in [6.07, 6.45) is 0.880. The van der Waals surface area contributed by atoms with Crippen LogP contribution in [0.4, 0.5) is 0 Å².